The summed E-state index contributed by atoms with van der Waals surface area (Å²) in [6, 6.07) is 2.00. The molecule has 3 aromatic heterocycles. The van der Waals surface area contributed by atoms with Crippen LogP contribution in [0.25, 0.3) is 11.3 Å². The molecule has 0 spiro atoms. The molecule has 7 heteroatoms. The third kappa shape index (κ3) is 2.82. The molecule has 1 aliphatic heterocycles. The molecule has 4 heterocycles. The Morgan fingerprint density at radius 3 is 2.87 bits per heavy atom. The van der Waals surface area contributed by atoms with Crippen LogP contribution in [0.15, 0.2) is 34.6 Å². The minimum Gasteiger partial charge on any atom is -0.338 e. The lowest BCUT2D eigenvalue weighted by Crippen LogP contribution is -2.38. The van der Waals surface area contributed by atoms with Crippen LogP contribution in [-0.4, -0.2) is 39.1 Å². The molecule has 23 heavy (non-hydrogen) atoms. The number of carbonyl (C=O) groups excluding carboxylic acids is 1. The fourth-order valence-corrected chi connectivity index (χ4v) is 4.47. The third-order valence-corrected chi connectivity index (χ3v) is 5.88. The number of aromatic nitrogens is 3. The Kier molecular flexibility index (Phi) is 3.97. The lowest BCUT2D eigenvalue weighted by atomic mass is 9.97. The number of piperidine rings is 1. The van der Waals surface area contributed by atoms with Gasteiger partial charge in [0.1, 0.15) is 0 Å². The molecular weight excluding hydrogens is 328 g/mol. The maximum atomic E-state index is 12.8. The molecule has 0 aliphatic carbocycles. The van der Waals surface area contributed by atoms with Crippen LogP contribution in [0.4, 0.5) is 0 Å². The van der Waals surface area contributed by atoms with E-state index < -0.39 is 0 Å². The second-order valence-electron chi connectivity index (χ2n) is 5.61. The quantitative estimate of drug-likeness (QED) is 0.789. The van der Waals surface area contributed by atoms with Gasteiger partial charge in [-0.05, 0) is 24.3 Å². The van der Waals surface area contributed by atoms with Crippen molar-refractivity contribution >= 4 is 28.6 Å². The first-order valence-corrected chi connectivity index (χ1v) is 9.40. The fraction of sp³-hybridized carbons (Fsp3) is 0.312. The predicted octanol–water partition coefficient (Wildman–Crippen LogP) is 3.61. The average molecular weight is 344 g/mol. The first-order valence-electron chi connectivity index (χ1n) is 7.57. The Morgan fingerprint density at radius 2 is 2.17 bits per heavy atom. The van der Waals surface area contributed by atoms with Gasteiger partial charge in [-0.2, -0.15) is 16.4 Å². The van der Waals surface area contributed by atoms with Gasteiger partial charge in [-0.25, -0.2) is 4.98 Å². The van der Waals surface area contributed by atoms with Crippen molar-refractivity contribution in [3.63, 3.8) is 0 Å². The number of hydrogen-bond donors (Lipinski definition) is 1. The van der Waals surface area contributed by atoms with Gasteiger partial charge in [-0.15, -0.1) is 11.3 Å². The predicted molar refractivity (Wildman–Crippen MR) is 91.9 cm³/mol. The highest BCUT2D eigenvalue weighted by Gasteiger charge is 2.27. The summed E-state index contributed by atoms with van der Waals surface area (Å²) in [5.74, 6) is 0.553. The van der Waals surface area contributed by atoms with Crippen molar-refractivity contribution in [2.45, 2.75) is 18.8 Å². The molecule has 3 aromatic rings. The molecule has 5 nitrogen and oxygen atoms in total. The van der Waals surface area contributed by atoms with Crippen LogP contribution in [0.1, 0.15) is 34.1 Å². The van der Waals surface area contributed by atoms with Gasteiger partial charge in [0.25, 0.3) is 5.91 Å². The fourth-order valence-electron chi connectivity index (χ4n) is 3.01. The first kappa shape index (κ1) is 14.6. The molecule has 1 aliphatic rings. The Bertz CT molecular complexity index is 771. The van der Waals surface area contributed by atoms with E-state index in [1.54, 1.807) is 28.9 Å². The van der Waals surface area contributed by atoms with E-state index in [4.69, 9.17) is 0 Å². The largest absolute Gasteiger partial charge is 0.338 e. The topological polar surface area (TPSA) is 61.9 Å². The summed E-state index contributed by atoms with van der Waals surface area (Å²) in [4.78, 5) is 19.2. The maximum Gasteiger partial charge on any atom is 0.257 e. The molecule has 1 fully saturated rings. The van der Waals surface area contributed by atoms with Crippen molar-refractivity contribution in [1.29, 1.82) is 0 Å². The van der Waals surface area contributed by atoms with Crippen molar-refractivity contribution in [1.82, 2.24) is 20.1 Å². The molecule has 4 rings (SSSR count). The molecule has 0 aromatic carbocycles. The second-order valence-corrected chi connectivity index (χ2v) is 7.31. The lowest BCUT2D eigenvalue weighted by Gasteiger charge is -2.31. The molecule has 1 saturated heterocycles. The van der Waals surface area contributed by atoms with Crippen LogP contribution in [0, 0.1) is 0 Å². The number of H-pyrrole nitrogens is 1. The SMILES string of the molecule is O=C(c1cn[nH]c1-c1ccsc1)N1CCC(c2nccs2)CC1. The Hall–Kier alpha value is -1.99. The van der Waals surface area contributed by atoms with E-state index in [1.807, 2.05) is 33.3 Å². The van der Waals surface area contributed by atoms with Crippen LogP contribution in [0.3, 0.4) is 0 Å². The molecule has 0 radical (unpaired) electrons. The van der Waals surface area contributed by atoms with Crippen LogP contribution < -0.4 is 0 Å². The summed E-state index contributed by atoms with van der Waals surface area (Å²) in [6.45, 7) is 1.55. The van der Waals surface area contributed by atoms with Gasteiger partial charge in [0.2, 0.25) is 0 Å². The van der Waals surface area contributed by atoms with Gasteiger partial charge in [0.15, 0.2) is 0 Å². The number of thiazole rings is 1. The van der Waals surface area contributed by atoms with Crippen molar-refractivity contribution in [3.8, 4) is 11.3 Å². The number of likely N-dealkylation sites (tertiary alicyclic amines) is 1. The molecule has 118 valence electrons. The van der Waals surface area contributed by atoms with E-state index in [1.165, 1.54) is 5.01 Å². The molecule has 0 atom stereocenters. The Labute approximate surface area is 142 Å². The maximum absolute atomic E-state index is 12.8. The van der Waals surface area contributed by atoms with E-state index in [9.17, 15) is 4.79 Å². The minimum atomic E-state index is 0.0672. The zero-order chi connectivity index (χ0) is 15.6. The summed E-state index contributed by atoms with van der Waals surface area (Å²) in [6.07, 6.45) is 5.45. The summed E-state index contributed by atoms with van der Waals surface area (Å²) in [5, 5.41) is 14.3. The number of nitrogens with zero attached hydrogens (tertiary/aromatic N) is 3. The van der Waals surface area contributed by atoms with Crippen molar-refractivity contribution < 1.29 is 4.79 Å². The Morgan fingerprint density at radius 1 is 1.30 bits per heavy atom. The molecule has 0 saturated carbocycles. The number of amides is 1. The third-order valence-electron chi connectivity index (χ3n) is 4.26. The van der Waals surface area contributed by atoms with E-state index in [-0.39, 0.29) is 5.91 Å². The summed E-state index contributed by atoms with van der Waals surface area (Å²) >= 11 is 3.32. The van der Waals surface area contributed by atoms with Crippen LogP contribution in [0.2, 0.25) is 0 Å². The van der Waals surface area contributed by atoms with Gasteiger partial charge in [-0.3, -0.25) is 9.89 Å². The highest BCUT2D eigenvalue weighted by Crippen LogP contribution is 2.31. The second kappa shape index (κ2) is 6.25. The van der Waals surface area contributed by atoms with Crippen LogP contribution >= 0.6 is 22.7 Å². The number of nitrogens with one attached hydrogen (secondary N) is 1. The van der Waals surface area contributed by atoms with Crippen molar-refractivity contribution in [3.05, 3.63) is 45.2 Å². The average Bonchev–Trinajstić information content (AvgIpc) is 3.35. The van der Waals surface area contributed by atoms with Gasteiger partial charge in [-0.1, -0.05) is 0 Å². The van der Waals surface area contributed by atoms with Crippen LogP contribution in [-0.2, 0) is 0 Å². The summed E-state index contributed by atoms with van der Waals surface area (Å²) in [7, 11) is 0. The lowest BCUT2D eigenvalue weighted by molar-refractivity contribution is 0.0714. The summed E-state index contributed by atoms with van der Waals surface area (Å²) < 4.78 is 0. The van der Waals surface area contributed by atoms with Gasteiger partial charge in [0.05, 0.1) is 22.5 Å². The van der Waals surface area contributed by atoms with Crippen molar-refractivity contribution in [2.24, 2.45) is 0 Å². The highest BCUT2D eigenvalue weighted by atomic mass is 32.1. The van der Waals surface area contributed by atoms with E-state index in [2.05, 4.69) is 15.2 Å². The Balaban J connectivity index is 1.48. The zero-order valence-electron chi connectivity index (χ0n) is 12.4. The van der Waals surface area contributed by atoms with E-state index in [0.717, 1.165) is 37.2 Å². The zero-order valence-corrected chi connectivity index (χ0v) is 14.1. The number of aromatic amines is 1. The van der Waals surface area contributed by atoms with Gasteiger partial charge < -0.3 is 4.90 Å². The van der Waals surface area contributed by atoms with Gasteiger partial charge in [0, 0.05) is 41.5 Å². The van der Waals surface area contributed by atoms with E-state index >= 15 is 0 Å². The first-order chi connectivity index (χ1) is 11.3. The monoisotopic (exact) mass is 344 g/mol. The molecule has 0 bridgehead atoms. The van der Waals surface area contributed by atoms with Crippen molar-refractivity contribution in [2.75, 3.05) is 13.1 Å². The molecule has 0 unspecified atom stereocenters. The molecule has 1 N–H and O–H groups in total. The smallest absolute Gasteiger partial charge is 0.257 e. The van der Waals surface area contributed by atoms with Crippen LogP contribution in [0.5, 0.6) is 0 Å². The van der Waals surface area contributed by atoms with E-state index in [0.29, 0.717) is 11.5 Å². The van der Waals surface area contributed by atoms with Gasteiger partial charge >= 0.3 is 0 Å². The number of carbonyl (C=O) groups is 1. The number of thiophene rings is 1. The standard InChI is InChI=1S/C16H16N4OS2/c21-16(13-9-18-19-14(13)12-3-7-22-10-12)20-5-1-11(2-6-20)15-17-4-8-23-15/h3-4,7-11H,1-2,5-6H2,(H,18,19). The highest BCUT2D eigenvalue weighted by molar-refractivity contribution is 7.09. The minimum absolute atomic E-state index is 0.0672. The number of hydrogen-bond acceptors (Lipinski definition) is 5. The molecule has 1 amide bonds. The molecular formula is C16H16N4OS2. The number of rotatable bonds is 3. The normalized spacial score (nSPS) is 15.9. The summed E-state index contributed by atoms with van der Waals surface area (Å²) in [5.41, 5.74) is 2.50.